The molecule has 0 saturated carbocycles. The zero-order valence-electron chi connectivity index (χ0n) is 18.5. The van der Waals surface area contributed by atoms with Crippen LogP contribution in [0.5, 0.6) is 11.5 Å². The Morgan fingerprint density at radius 2 is 1.71 bits per heavy atom. The van der Waals surface area contributed by atoms with Gasteiger partial charge in [-0.2, -0.15) is 0 Å². The molecule has 3 aromatic rings. The Balaban J connectivity index is 1.56. The van der Waals surface area contributed by atoms with Crippen molar-refractivity contribution in [2.75, 3.05) is 27.3 Å². The van der Waals surface area contributed by atoms with Crippen molar-refractivity contribution in [1.82, 2.24) is 14.5 Å². The van der Waals surface area contributed by atoms with Crippen LogP contribution in [0.2, 0.25) is 0 Å². The summed E-state index contributed by atoms with van der Waals surface area (Å²) in [5.41, 5.74) is 3.12. The van der Waals surface area contributed by atoms with E-state index < -0.39 is 0 Å². The lowest BCUT2D eigenvalue weighted by Gasteiger charge is -2.20. The summed E-state index contributed by atoms with van der Waals surface area (Å²) < 4.78 is 13.0. The van der Waals surface area contributed by atoms with Crippen LogP contribution in [0.25, 0.3) is 11.0 Å². The highest BCUT2D eigenvalue weighted by Gasteiger charge is 2.18. The van der Waals surface area contributed by atoms with Crippen LogP contribution >= 0.6 is 0 Å². The van der Waals surface area contributed by atoms with Gasteiger partial charge in [-0.15, -0.1) is 0 Å². The van der Waals surface area contributed by atoms with Crippen molar-refractivity contribution < 1.29 is 14.3 Å². The highest BCUT2D eigenvalue weighted by atomic mass is 16.5. The van der Waals surface area contributed by atoms with Crippen LogP contribution in [0.15, 0.2) is 42.5 Å². The van der Waals surface area contributed by atoms with Gasteiger partial charge in [0.25, 0.3) is 0 Å². The first-order valence-electron chi connectivity index (χ1n) is 11.1. The number of para-hydroxylation sites is 2. The molecule has 0 atom stereocenters. The van der Waals surface area contributed by atoms with Crippen LogP contribution < -0.4 is 9.47 Å². The molecular weight excluding hydrogens is 390 g/mol. The molecule has 0 bridgehead atoms. The van der Waals surface area contributed by atoms with E-state index in [9.17, 15) is 4.79 Å². The van der Waals surface area contributed by atoms with E-state index in [1.165, 1.54) is 12.8 Å². The predicted octanol–water partition coefficient (Wildman–Crippen LogP) is 4.44. The molecule has 0 unspecified atom stereocenters. The number of aryl methyl sites for hydroxylation is 1. The topological polar surface area (TPSA) is 56.6 Å². The molecule has 2 aromatic carbocycles. The van der Waals surface area contributed by atoms with E-state index in [4.69, 9.17) is 14.5 Å². The molecule has 0 radical (unpaired) electrons. The van der Waals surface area contributed by atoms with Gasteiger partial charge in [-0.3, -0.25) is 4.79 Å². The highest BCUT2D eigenvalue weighted by molar-refractivity contribution is 5.78. The molecule has 0 spiro atoms. The van der Waals surface area contributed by atoms with Gasteiger partial charge in [0.1, 0.15) is 5.82 Å². The number of rotatable bonds is 7. The lowest BCUT2D eigenvalue weighted by molar-refractivity contribution is -0.131. The molecule has 6 heteroatoms. The van der Waals surface area contributed by atoms with Crippen LogP contribution in [0, 0.1) is 0 Å². The van der Waals surface area contributed by atoms with E-state index in [0.717, 1.165) is 48.4 Å². The number of fused-ring (bicyclic) bond motifs is 1. The number of carbonyl (C=O) groups is 1. The van der Waals surface area contributed by atoms with Crippen molar-refractivity contribution in [3.8, 4) is 11.5 Å². The van der Waals surface area contributed by atoms with Crippen LogP contribution in [0.1, 0.15) is 43.5 Å². The summed E-state index contributed by atoms with van der Waals surface area (Å²) in [6.45, 7) is 2.42. The Bertz CT molecular complexity index is 1040. The van der Waals surface area contributed by atoms with Gasteiger partial charge in [-0.25, -0.2) is 4.98 Å². The largest absolute Gasteiger partial charge is 0.493 e. The quantitative estimate of drug-likeness (QED) is 0.566. The number of methoxy groups -OCH3 is 2. The minimum absolute atomic E-state index is 0.247. The SMILES string of the molecule is COc1ccc(Cc2nc3ccccc3n2CCC(=O)N2CCCCCC2)cc1OC. The summed E-state index contributed by atoms with van der Waals surface area (Å²) in [6.07, 6.45) is 5.84. The van der Waals surface area contributed by atoms with Gasteiger partial charge in [0.2, 0.25) is 5.91 Å². The van der Waals surface area contributed by atoms with Crippen LogP contribution in [-0.4, -0.2) is 47.7 Å². The number of aromatic nitrogens is 2. The molecule has 1 amide bonds. The molecule has 1 aliphatic rings. The van der Waals surface area contributed by atoms with E-state index in [1.54, 1.807) is 14.2 Å². The van der Waals surface area contributed by atoms with Gasteiger partial charge in [0.15, 0.2) is 11.5 Å². The molecule has 1 aliphatic heterocycles. The van der Waals surface area contributed by atoms with E-state index in [0.29, 0.717) is 30.9 Å². The van der Waals surface area contributed by atoms with E-state index in [1.807, 2.05) is 41.3 Å². The number of hydrogen-bond acceptors (Lipinski definition) is 4. The molecule has 2 heterocycles. The van der Waals surface area contributed by atoms with Gasteiger partial charge in [-0.1, -0.05) is 31.0 Å². The molecule has 164 valence electrons. The Kier molecular flexibility index (Phi) is 6.75. The summed E-state index contributed by atoms with van der Waals surface area (Å²) in [7, 11) is 3.28. The number of imidazole rings is 1. The maximum absolute atomic E-state index is 12.9. The lowest BCUT2D eigenvalue weighted by Crippen LogP contribution is -2.32. The fraction of sp³-hybridized carbons (Fsp3) is 0.440. The van der Waals surface area contributed by atoms with E-state index in [-0.39, 0.29) is 5.91 Å². The first-order valence-corrected chi connectivity index (χ1v) is 11.1. The average molecular weight is 422 g/mol. The lowest BCUT2D eigenvalue weighted by atomic mass is 10.1. The van der Waals surface area contributed by atoms with Crippen LogP contribution in [-0.2, 0) is 17.8 Å². The van der Waals surface area contributed by atoms with Crippen molar-refractivity contribution in [3.05, 3.63) is 53.9 Å². The van der Waals surface area contributed by atoms with Gasteiger partial charge in [0.05, 0.1) is 25.3 Å². The first-order chi connectivity index (χ1) is 15.2. The van der Waals surface area contributed by atoms with Gasteiger partial charge in [0, 0.05) is 32.5 Å². The molecule has 31 heavy (non-hydrogen) atoms. The van der Waals surface area contributed by atoms with Crippen LogP contribution in [0.3, 0.4) is 0 Å². The van der Waals surface area contributed by atoms with E-state index >= 15 is 0 Å². The number of carbonyl (C=O) groups excluding carboxylic acids is 1. The standard InChI is InChI=1S/C25H31N3O3/c1-30-22-12-11-19(17-23(22)31-2)18-24-26-20-9-5-6-10-21(20)28(24)16-13-25(29)27-14-7-3-4-8-15-27/h5-6,9-12,17H,3-4,7-8,13-16,18H2,1-2H3. The third kappa shape index (κ3) is 4.84. The minimum Gasteiger partial charge on any atom is -0.493 e. The maximum Gasteiger partial charge on any atom is 0.224 e. The molecule has 6 nitrogen and oxygen atoms in total. The second-order valence-electron chi connectivity index (χ2n) is 8.08. The Hall–Kier alpha value is -3.02. The summed E-state index contributed by atoms with van der Waals surface area (Å²) in [4.78, 5) is 19.8. The number of nitrogens with zero attached hydrogens (tertiary/aromatic N) is 3. The number of ether oxygens (including phenoxy) is 2. The van der Waals surface area contributed by atoms with Crippen molar-refractivity contribution in [1.29, 1.82) is 0 Å². The zero-order valence-corrected chi connectivity index (χ0v) is 18.5. The van der Waals surface area contributed by atoms with Gasteiger partial charge >= 0.3 is 0 Å². The second-order valence-corrected chi connectivity index (χ2v) is 8.08. The first kappa shape index (κ1) is 21.2. The van der Waals surface area contributed by atoms with Crippen molar-refractivity contribution in [3.63, 3.8) is 0 Å². The second kappa shape index (κ2) is 9.86. The number of benzene rings is 2. The Morgan fingerprint density at radius 1 is 0.968 bits per heavy atom. The Labute approximate surface area is 183 Å². The maximum atomic E-state index is 12.9. The molecule has 1 saturated heterocycles. The van der Waals surface area contributed by atoms with E-state index in [2.05, 4.69) is 10.6 Å². The highest BCUT2D eigenvalue weighted by Crippen LogP contribution is 2.29. The molecule has 0 aliphatic carbocycles. The summed E-state index contributed by atoms with van der Waals surface area (Å²) in [5, 5.41) is 0. The molecule has 4 rings (SSSR count). The molecule has 1 fully saturated rings. The third-order valence-electron chi connectivity index (χ3n) is 6.05. The minimum atomic E-state index is 0.247. The smallest absolute Gasteiger partial charge is 0.224 e. The Morgan fingerprint density at radius 3 is 2.45 bits per heavy atom. The summed E-state index contributed by atoms with van der Waals surface area (Å²) >= 11 is 0. The van der Waals surface area contributed by atoms with Crippen molar-refractivity contribution in [2.45, 2.75) is 45.1 Å². The van der Waals surface area contributed by atoms with Crippen LogP contribution in [0.4, 0.5) is 0 Å². The monoisotopic (exact) mass is 421 g/mol. The molecule has 1 aromatic heterocycles. The average Bonchev–Trinajstić information content (AvgIpc) is 2.95. The number of hydrogen-bond donors (Lipinski definition) is 0. The van der Waals surface area contributed by atoms with Gasteiger partial charge < -0.3 is 18.9 Å². The number of amides is 1. The molecule has 0 N–H and O–H groups in total. The molecular formula is C25H31N3O3. The summed E-state index contributed by atoms with van der Waals surface area (Å²) in [6, 6.07) is 14.1. The zero-order chi connectivity index (χ0) is 21.6. The summed E-state index contributed by atoms with van der Waals surface area (Å²) in [5.74, 6) is 2.62. The normalized spacial score (nSPS) is 14.5. The van der Waals surface area contributed by atoms with Gasteiger partial charge in [-0.05, 0) is 42.7 Å². The fourth-order valence-electron chi connectivity index (χ4n) is 4.37. The fourth-order valence-corrected chi connectivity index (χ4v) is 4.37. The predicted molar refractivity (Wildman–Crippen MR) is 122 cm³/mol. The van der Waals surface area contributed by atoms with Crippen molar-refractivity contribution in [2.24, 2.45) is 0 Å². The van der Waals surface area contributed by atoms with Crippen molar-refractivity contribution >= 4 is 16.9 Å². The third-order valence-corrected chi connectivity index (χ3v) is 6.05. The number of likely N-dealkylation sites (tertiary alicyclic amines) is 1.